The van der Waals surface area contributed by atoms with Gasteiger partial charge in [-0.15, -0.1) is 11.3 Å². The van der Waals surface area contributed by atoms with Crippen LogP contribution in [0.15, 0.2) is 66.6 Å². The molecule has 0 aliphatic rings. The van der Waals surface area contributed by atoms with Gasteiger partial charge in [0.25, 0.3) is 5.91 Å². The quantitative estimate of drug-likeness (QED) is 0.526. The highest BCUT2D eigenvalue weighted by Gasteiger charge is 2.15. The molecule has 2 heterocycles. The molecular weight excluding hydrogens is 386 g/mol. The molecule has 8 heteroatoms. The van der Waals surface area contributed by atoms with Crippen LogP contribution in [0.2, 0.25) is 0 Å². The average molecular weight is 405 g/mol. The standard InChI is InChI=1S/C21H19N5O2S/c1-14(15-3-7-17(8-4-15)26-13-22-12-23-26)24-20(27)19-11-29-21(25-19)16-5-9-18(28-2)10-6-16/h3-14H,1-2H3,(H,24,27). The van der Waals surface area contributed by atoms with Gasteiger partial charge in [0, 0.05) is 10.9 Å². The molecule has 7 nitrogen and oxygen atoms in total. The van der Waals surface area contributed by atoms with Crippen molar-refractivity contribution in [3.05, 3.63) is 77.8 Å². The second-order valence-electron chi connectivity index (χ2n) is 6.39. The Hall–Kier alpha value is -3.52. The van der Waals surface area contributed by atoms with Gasteiger partial charge < -0.3 is 10.1 Å². The number of ether oxygens (including phenoxy) is 1. The molecule has 0 aliphatic heterocycles. The third-order valence-corrected chi connectivity index (χ3v) is 5.39. The van der Waals surface area contributed by atoms with E-state index >= 15 is 0 Å². The molecule has 0 fully saturated rings. The first-order valence-electron chi connectivity index (χ1n) is 9.00. The van der Waals surface area contributed by atoms with Gasteiger partial charge in [-0.25, -0.2) is 14.6 Å². The van der Waals surface area contributed by atoms with Crippen molar-refractivity contribution in [3.63, 3.8) is 0 Å². The summed E-state index contributed by atoms with van der Waals surface area (Å²) in [7, 11) is 1.63. The van der Waals surface area contributed by atoms with Gasteiger partial charge in [-0.2, -0.15) is 5.10 Å². The van der Waals surface area contributed by atoms with Crippen LogP contribution in [0.5, 0.6) is 5.75 Å². The topological polar surface area (TPSA) is 81.9 Å². The van der Waals surface area contributed by atoms with E-state index in [0.29, 0.717) is 5.69 Å². The van der Waals surface area contributed by atoms with E-state index in [1.807, 2.05) is 55.5 Å². The van der Waals surface area contributed by atoms with Gasteiger partial charge in [-0.3, -0.25) is 4.79 Å². The number of carbonyl (C=O) groups excluding carboxylic acids is 1. The van der Waals surface area contributed by atoms with Gasteiger partial charge >= 0.3 is 0 Å². The number of carbonyl (C=O) groups is 1. The number of hydrogen-bond acceptors (Lipinski definition) is 6. The highest BCUT2D eigenvalue weighted by molar-refractivity contribution is 7.13. The van der Waals surface area contributed by atoms with Gasteiger partial charge in [-0.05, 0) is 48.9 Å². The first kappa shape index (κ1) is 18.8. The van der Waals surface area contributed by atoms with E-state index in [0.717, 1.165) is 27.6 Å². The lowest BCUT2D eigenvalue weighted by atomic mass is 10.1. The van der Waals surface area contributed by atoms with Crippen molar-refractivity contribution in [2.45, 2.75) is 13.0 Å². The second kappa shape index (κ2) is 8.24. The van der Waals surface area contributed by atoms with E-state index in [1.54, 1.807) is 23.5 Å². The molecule has 0 spiro atoms. The molecule has 0 saturated heterocycles. The van der Waals surface area contributed by atoms with Crippen molar-refractivity contribution in [2.24, 2.45) is 0 Å². The Balaban J connectivity index is 1.43. The lowest BCUT2D eigenvalue weighted by molar-refractivity contribution is 0.0935. The number of nitrogens with one attached hydrogen (secondary N) is 1. The van der Waals surface area contributed by atoms with Crippen molar-refractivity contribution < 1.29 is 9.53 Å². The Morgan fingerprint density at radius 2 is 1.90 bits per heavy atom. The first-order valence-corrected chi connectivity index (χ1v) is 9.88. The molecule has 29 heavy (non-hydrogen) atoms. The van der Waals surface area contributed by atoms with Gasteiger partial charge in [-0.1, -0.05) is 12.1 Å². The summed E-state index contributed by atoms with van der Waals surface area (Å²) in [5.74, 6) is 0.584. The minimum Gasteiger partial charge on any atom is -0.497 e. The zero-order chi connectivity index (χ0) is 20.2. The second-order valence-corrected chi connectivity index (χ2v) is 7.25. The summed E-state index contributed by atoms with van der Waals surface area (Å²) in [6, 6.07) is 15.3. The normalized spacial score (nSPS) is 11.8. The van der Waals surface area contributed by atoms with Crippen LogP contribution in [0, 0.1) is 0 Å². The van der Waals surface area contributed by atoms with E-state index < -0.39 is 0 Å². The van der Waals surface area contributed by atoms with Crippen LogP contribution >= 0.6 is 11.3 Å². The molecule has 146 valence electrons. The number of rotatable bonds is 6. The molecule has 0 radical (unpaired) electrons. The Kier molecular flexibility index (Phi) is 5.35. The minimum absolute atomic E-state index is 0.154. The predicted octanol–water partition coefficient (Wildman–Crippen LogP) is 3.89. The number of hydrogen-bond donors (Lipinski definition) is 1. The molecule has 0 aliphatic carbocycles. The maximum absolute atomic E-state index is 12.6. The number of thiazole rings is 1. The SMILES string of the molecule is COc1ccc(-c2nc(C(=O)NC(C)c3ccc(-n4cncn4)cc3)cs2)cc1. The number of benzene rings is 2. The Bertz CT molecular complexity index is 1090. The summed E-state index contributed by atoms with van der Waals surface area (Å²) in [5.41, 5.74) is 3.26. The maximum Gasteiger partial charge on any atom is 0.271 e. The molecule has 1 amide bonds. The Morgan fingerprint density at radius 1 is 1.14 bits per heavy atom. The number of aromatic nitrogens is 4. The third kappa shape index (κ3) is 4.17. The summed E-state index contributed by atoms with van der Waals surface area (Å²) in [5, 5.41) is 9.68. The fourth-order valence-electron chi connectivity index (χ4n) is 2.86. The molecule has 0 bridgehead atoms. The third-order valence-electron chi connectivity index (χ3n) is 4.50. The number of nitrogens with zero attached hydrogens (tertiary/aromatic N) is 4. The van der Waals surface area contributed by atoms with E-state index in [1.165, 1.54) is 17.7 Å². The van der Waals surface area contributed by atoms with Crippen molar-refractivity contribution in [1.29, 1.82) is 0 Å². The van der Waals surface area contributed by atoms with E-state index in [4.69, 9.17) is 4.74 Å². The molecule has 4 aromatic rings. The fraction of sp³-hybridized carbons (Fsp3) is 0.143. The van der Waals surface area contributed by atoms with Gasteiger partial charge in [0.15, 0.2) is 0 Å². The summed E-state index contributed by atoms with van der Waals surface area (Å²) >= 11 is 1.44. The van der Waals surface area contributed by atoms with Crippen LogP contribution in [0.1, 0.15) is 29.0 Å². The summed E-state index contributed by atoms with van der Waals surface area (Å²) in [6.45, 7) is 1.94. The zero-order valence-electron chi connectivity index (χ0n) is 15.9. The van der Waals surface area contributed by atoms with Crippen LogP contribution in [0.25, 0.3) is 16.3 Å². The summed E-state index contributed by atoms with van der Waals surface area (Å²) in [4.78, 5) is 21.0. The lowest BCUT2D eigenvalue weighted by Gasteiger charge is -2.14. The minimum atomic E-state index is -0.200. The Labute approximate surface area is 172 Å². The maximum atomic E-state index is 12.6. The Morgan fingerprint density at radius 3 is 2.55 bits per heavy atom. The lowest BCUT2D eigenvalue weighted by Crippen LogP contribution is -2.26. The molecule has 2 aromatic heterocycles. The van der Waals surface area contributed by atoms with Gasteiger partial charge in [0.2, 0.25) is 0 Å². The van der Waals surface area contributed by atoms with Gasteiger partial charge in [0.05, 0.1) is 18.8 Å². The summed E-state index contributed by atoms with van der Waals surface area (Å²) < 4.78 is 6.86. The van der Waals surface area contributed by atoms with Crippen molar-refractivity contribution in [3.8, 4) is 22.0 Å². The zero-order valence-corrected chi connectivity index (χ0v) is 16.8. The smallest absolute Gasteiger partial charge is 0.271 e. The van der Waals surface area contributed by atoms with Crippen molar-refractivity contribution >= 4 is 17.2 Å². The molecule has 0 saturated carbocycles. The first-order chi connectivity index (χ1) is 14.1. The molecule has 1 atom stereocenters. The average Bonchev–Trinajstić information content (AvgIpc) is 3.46. The van der Waals surface area contributed by atoms with Gasteiger partial charge in [0.1, 0.15) is 29.1 Å². The van der Waals surface area contributed by atoms with E-state index in [-0.39, 0.29) is 11.9 Å². The predicted molar refractivity (Wildman–Crippen MR) is 111 cm³/mol. The number of amides is 1. The highest BCUT2D eigenvalue weighted by atomic mass is 32.1. The molecular formula is C21H19N5O2S. The van der Waals surface area contributed by atoms with Crippen molar-refractivity contribution in [1.82, 2.24) is 25.1 Å². The van der Waals surface area contributed by atoms with Crippen LogP contribution in [0.4, 0.5) is 0 Å². The fourth-order valence-corrected chi connectivity index (χ4v) is 3.66. The van der Waals surface area contributed by atoms with E-state index in [9.17, 15) is 4.79 Å². The highest BCUT2D eigenvalue weighted by Crippen LogP contribution is 2.26. The molecule has 4 rings (SSSR count). The molecule has 1 unspecified atom stereocenters. The van der Waals surface area contributed by atoms with Crippen LogP contribution in [0.3, 0.4) is 0 Å². The van der Waals surface area contributed by atoms with Crippen LogP contribution in [-0.2, 0) is 0 Å². The molecule has 2 aromatic carbocycles. The van der Waals surface area contributed by atoms with Crippen LogP contribution in [-0.4, -0.2) is 32.8 Å². The monoisotopic (exact) mass is 405 g/mol. The van der Waals surface area contributed by atoms with Crippen molar-refractivity contribution in [2.75, 3.05) is 7.11 Å². The van der Waals surface area contributed by atoms with E-state index in [2.05, 4.69) is 20.4 Å². The largest absolute Gasteiger partial charge is 0.497 e. The number of methoxy groups -OCH3 is 1. The van der Waals surface area contributed by atoms with Crippen LogP contribution < -0.4 is 10.1 Å². The molecule has 1 N–H and O–H groups in total. The summed E-state index contributed by atoms with van der Waals surface area (Å²) in [6.07, 6.45) is 3.13.